The SMILES string of the molecule is CCN1CCN(C(CO)C(N)C(C)(C)C)CC1C. The lowest BCUT2D eigenvalue weighted by atomic mass is 9.82. The highest BCUT2D eigenvalue weighted by Gasteiger charge is 2.35. The van der Waals surface area contributed by atoms with E-state index in [-0.39, 0.29) is 24.1 Å². The van der Waals surface area contributed by atoms with Crippen LogP contribution in [-0.2, 0) is 0 Å². The Morgan fingerprint density at radius 2 is 1.94 bits per heavy atom. The summed E-state index contributed by atoms with van der Waals surface area (Å²) in [6.45, 7) is 15.2. The molecule has 0 aromatic rings. The van der Waals surface area contributed by atoms with Crippen LogP contribution in [0.15, 0.2) is 0 Å². The molecule has 3 N–H and O–H groups in total. The summed E-state index contributed by atoms with van der Waals surface area (Å²) in [4.78, 5) is 4.85. The van der Waals surface area contributed by atoms with Gasteiger partial charge in [0.25, 0.3) is 0 Å². The van der Waals surface area contributed by atoms with E-state index in [0.29, 0.717) is 6.04 Å². The van der Waals surface area contributed by atoms with Gasteiger partial charge in [-0.1, -0.05) is 27.7 Å². The number of piperazine rings is 1. The number of aliphatic hydroxyl groups is 1. The van der Waals surface area contributed by atoms with E-state index in [1.165, 1.54) is 0 Å². The average molecular weight is 257 g/mol. The molecule has 3 unspecified atom stereocenters. The van der Waals surface area contributed by atoms with Gasteiger partial charge in [-0.2, -0.15) is 0 Å². The van der Waals surface area contributed by atoms with Crippen LogP contribution in [0.2, 0.25) is 0 Å². The van der Waals surface area contributed by atoms with Crippen molar-refractivity contribution in [2.75, 3.05) is 32.8 Å². The number of hydrogen-bond donors (Lipinski definition) is 2. The Bertz CT molecular complexity index is 252. The van der Waals surface area contributed by atoms with E-state index in [2.05, 4.69) is 44.4 Å². The highest BCUT2D eigenvalue weighted by Crippen LogP contribution is 2.24. The minimum Gasteiger partial charge on any atom is -0.395 e. The van der Waals surface area contributed by atoms with E-state index < -0.39 is 0 Å². The maximum absolute atomic E-state index is 9.69. The zero-order valence-electron chi connectivity index (χ0n) is 12.7. The van der Waals surface area contributed by atoms with Crippen molar-refractivity contribution in [3.05, 3.63) is 0 Å². The fourth-order valence-electron chi connectivity index (χ4n) is 2.83. The zero-order valence-corrected chi connectivity index (χ0v) is 12.7. The van der Waals surface area contributed by atoms with Crippen LogP contribution in [-0.4, -0.2) is 65.8 Å². The topological polar surface area (TPSA) is 52.7 Å². The van der Waals surface area contributed by atoms with Crippen LogP contribution in [0, 0.1) is 5.41 Å². The Hall–Kier alpha value is -0.160. The molecule has 1 saturated heterocycles. The smallest absolute Gasteiger partial charge is 0.0602 e. The van der Waals surface area contributed by atoms with Crippen molar-refractivity contribution in [2.24, 2.45) is 11.1 Å². The molecule has 1 aliphatic heterocycles. The van der Waals surface area contributed by atoms with Crippen LogP contribution in [0.1, 0.15) is 34.6 Å². The molecular weight excluding hydrogens is 226 g/mol. The van der Waals surface area contributed by atoms with Crippen molar-refractivity contribution in [3.63, 3.8) is 0 Å². The largest absolute Gasteiger partial charge is 0.395 e. The van der Waals surface area contributed by atoms with Crippen LogP contribution in [0.3, 0.4) is 0 Å². The first-order valence-corrected chi connectivity index (χ1v) is 7.15. The third kappa shape index (κ3) is 3.67. The van der Waals surface area contributed by atoms with Gasteiger partial charge < -0.3 is 10.8 Å². The quantitative estimate of drug-likeness (QED) is 0.780. The number of aliphatic hydroxyl groups excluding tert-OH is 1. The highest BCUT2D eigenvalue weighted by molar-refractivity contribution is 4.92. The molecule has 0 amide bonds. The Labute approximate surface area is 112 Å². The summed E-state index contributed by atoms with van der Waals surface area (Å²) in [6.07, 6.45) is 0. The molecule has 0 radical (unpaired) electrons. The first-order chi connectivity index (χ1) is 8.31. The van der Waals surface area contributed by atoms with Crippen molar-refractivity contribution < 1.29 is 5.11 Å². The second kappa shape index (κ2) is 6.33. The summed E-state index contributed by atoms with van der Waals surface area (Å²) < 4.78 is 0. The van der Waals surface area contributed by atoms with Gasteiger partial charge in [-0.05, 0) is 18.9 Å². The summed E-state index contributed by atoms with van der Waals surface area (Å²) >= 11 is 0. The van der Waals surface area contributed by atoms with Crippen LogP contribution < -0.4 is 5.73 Å². The number of hydrogen-bond acceptors (Lipinski definition) is 4. The lowest BCUT2D eigenvalue weighted by Crippen LogP contribution is -2.62. The van der Waals surface area contributed by atoms with Crippen molar-refractivity contribution in [1.82, 2.24) is 9.80 Å². The molecule has 0 aliphatic carbocycles. The maximum atomic E-state index is 9.69. The second-order valence-corrected chi connectivity index (χ2v) is 6.61. The van der Waals surface area contributed by atoms with Gasteiger partial charge in [-0.25, -0.2) is 0 Å². The molecule has 1 heterocycles. The van der Waals surface area contributed by atoms with Gasteiger partial charge in [-0.15, -0.1) is 0 Å². The molecule has 18 heavy (non-hydrogen) atoms. The molecule has 4 heteroatoms. The molecule has 1 fully saturated rings. The van der Waals surface area contributed by atoms with E-state index in [9.17, 15) is 5.11 Å². The van der Waals surface area contributed by atoms with Crippen LogP contribution >= 0.6 is 0 Å². The van der Waals surface area contributed by atoms with E-state index in [1.54, 1.807) is 0 Å². The van der Waals surface area contributed by atoms with E-state index in [1.807, 2.05) is 0 Å². The molecular formula is C14H31N3O. The summed E-state index contributed by atoms with van der Waals surface area (Å²) in [6, 6.07) is 0.624. The highest BCUT2D eigenvalue weighted by atomic mass is 16.3. The Morgan fingerprint density at radius 1 is 1.33 bits per heavy atom. The Morgan fingerprint density at radius 3 is 2.33 bits per heavy atom. The van der Waals surface area contributed by atoms with Gasteiger partial charge in [0.2, 0.25) is 0 Å². The third-order valence-electron chi connectivity index (χ3n) is 4.27. The number of rotatable bonds is 4. The van der Waals surface area contributed by atoms with Crippen molar-refractivity contribution in [2.45, 2.75) is 52.7 Å². The Kier molecular flexibility index (Phi) is 5.59. The number of nitrogens with zero attached hydrogens (tertiary/aromatic N) is 2. The van der Waals surface area contributed by atoms with E-state index in [0.717, 1.165) is 26.2 Å². The molecule has 0 aromatic heterocycles. The standard InChI is InChI=1S/C14H31N3O/c1-6-16-7-8-17(9-11(16)2)12(10-18)13(15)14(3,4)5/h11-13,18H,6-10,15H2,1-5H3. The summed E-state index contributed by atoms with van der Waals surface area (Å²) in [5, 5.41) is 9.69. The van der Waals surface area contributed by atoms with Gasteiger partial charge in [0.15, 0.2) is 0 Å². The van der Waals surface area contributed by atoms with Gasteiger partial charge in [0.1, 0.15) is 0 Å². The molecule has 108 valence electrons. The molecule has 1 rings (SSSR count). The van der Waals surface area contributed by atoms with Crippen molar-refractivity contribution in [1.29, 1.82) is 0 Å². The normalized spacial score (nSPS) is 27.2. The van der Waals surface area contributed by atoms with Crippen LogP contribution in [0.25, 0.3) is 0 Å². The molecule has 3 atom stereocenters. The summed E-state index contributed by atoms with van der Waals surface area (Å²) in [7, 11) is 0. The monoisotopic (exact) mass is 257 g/mol. The predicted octanol–water partition coefficient (Wildman–Crippen LogP) is 0.747. The lowest BCUT2D eigenvalue weighted by molar-refractivity contribution is 0.0119. The zero-order chi connectivity index (χ0) is 13.9. The predicted molar refractivity (Wildman–Crippen MR) is 76.6 cm³/mol. The maximum Gasteiger partial charge on any atom is 0.0602 e. The first-order valence-electron chi connectivity index (χ1n) is 7.15. The number of nitrogens with two attached hydrogens (primary N) is 1. The van der Waals surface area contributed by atoms with Crippen LogP contribution in [0.5, 0.6) is 0 Å². The van der Waals surface area contributed by atoms with Gasteiger partial charge >= 0.3 is 0 Å². The van der Waals surface area contributed by atoms with Gasteiger partial charge in [0.05, 0.1) is 6.61 Å². The van der Waals surface area contributed by atoms with Gasteiger partial charge in [-0.3, -0.25) is 9.80 Å². The molecule has 0 bridgehead atoms. The molecule has 0 spiro atoms. The minimum absolute atomic E-state index is 0.00266. The molecule has 1 aliphatic rings. The van der Waals surface area contributed by atoms with Crippen molar-refractivity contribution >= 4 is 0 Å². The molecule has 0 saturated carbocycles. The first kappa shape index (κ1) is 15.9. The minimum atomic E-state index is 0.00266. The van der Waals surface area contributed by atoms with E-state index >= 15 is 0 Å². The van der Waals surface area contributed by atoms with Crippen molar-refractivity contribution in [3.8, 4) is 0 Å². The second-order valence-electron chi connectivity index (χ2n) is 6.61. The Balaban J connectivity index is 2.68. The van der Waals surface area contributed by atoms with Gasteiger partial charge in [0, 0.05) is 37.8 Å². The number of likely N-dealkylation sites (N-methyl/N-ethyl adjacent to an activating group) is 1. The van der Waals surface area contributed by atoms with E-state index in [4.69, 9.17) is 5.73 Å². The molecule has 4 nitrogen and oxygen atoms in total. The summed E-state index contributed by atoms with van der Waals surface area (Å²) in [5.74, 6) is 0. The third-order valence-corrected chi connectivity index (χ3v) is 4.27. The van der Waals surface area contributed by atoms with Crippen LogP contribution in [0.4, 0.5) is 0 Å². The average Bonchev–Trinajstić information content (AvgIpc) is 2.29. The lowest BCUT2D eigenvalue weighted by Gasteiger charge is -2.46. The fraction of sp³-hybridized carbons (Fsp3) is 1.00. The fourth-order valence-corrected chi connectivity index (χ4v) is 2.83. The summed E-state index contributed by atoms with van der Waals surface area (Å²) in [5.41, 5.74) is 6.36. The molecule has 0 aromatic carbocycles.